The summed E-state index contributed by atoms with van der Waals surface area (Å²) < 4.78 is 27.7. The maximum Gasteiger partial charge on any atom is 0.317 e. The van der Waals surface area contributed by atoms with Gasteiger partial charge in [-0.2, -0.15) is 0 Å². The number of nitrogens with two attached hydrogens (primary N) is 1. The van der Waals surface area contributed by atoms with Gasteiger partial charge in [0.15, 0.2) is 0 Å². The SMILES string of the molecule is CC1CN(C(=O)NCCc2ccc(S(N)(=O)=O)cc2)CCO1. The fourth-order valence-electron chi connectivity index (χ4n) is 2.27. The van der Waals surface area contributed by atoms with Crippen LogP contribution in [0.5, 0.6) is 0 Å². The summed E-state index contributed by atoms with van der Waals surface area (Å²) in [5, 5.41) is 7.89. The van der Waals surface area contributed by atoms with Crippen LogP contribution in [0, 0.1) is 0 Å². The molecule has 0 bridgehead atoms. The van der Waals surface area contributed by atoms with Crippen LogP contribution in [-0.2, 0) is 21.2 Å². The number of nitrogens with one attached hydrogen (secondary N) is 1. The predicted molar refractivity (Wildman–Crippen MR) is 81.9 cm³/mol. The first-order valence-electron chi connectivity index (χ1n) is 7.12. The molecule has 1 heterocycles. The minimum atomic E-state index is -3.66. The molecule has 122 valence electrons. The van der Waals surface area contributed by atoms with Crippen molar-refractivity contribution in [3.05, 3.63) is 29.8 Å². The molecule has 1 aromatic carbocycles. The molecule has 3 N–H and O–H groups in total. The molecule has 0 saturated carbocycles. The summed E-state index contributed by atoms with van der Waals surface area (Å²) >= 11 is 0. The maximum atomic E-state index is 12.0. The van der Waals surface area contributed by atoms with Crippen molar-refractivity contribution in [1.82, 2.24) is 10.2 Å². The Morgan fingerprint density at radius 3 is 2.68 bits per heavy atom. The van der Waals surface area contributed by atoms with Crippen LogP contribution in [0.3, 0.4) is 0 Å². The first-order chi connectivity index (χ1) is 10.4. The molecule has 22 heavy (non-hydrogen) atoms. The molecule has 1 atom stereocenters. The van der Waals surface area contributed by atoms with Gasteiger partial charge >= 0.3 is 6.03 Å². The molecule has 0 aromatic heterocycles. The van der Waals surface area contributed by atoms with E-state index in [1.165, 1.54) is 12.1 Å². The molecule has 1 aliphatic rings. The molecular weight excluding hydrogens is 306 g/mol. The van der Waals surface area contributed by atoms with Crippen LogP contribution in [0.1, 0.15) is 12.5 Å². The molecule has 0 radical (unpaired) electrons. The van der Waals surface area contributed by atoms with E-state index in [2.05, 4.69) is 5.32 Å². The maximum absolute atomic E-state index is 12.0. The second-order valence-corrected chi connectivity index (χ2v) is 6.86. The highest BCUT2D eigenvalue weighted by Gasteiger charge is 2.20. The third-order valence-electron chi connectivity index (χ3n) is 3.47. The zero-order valence-electron chi connectivity index (χ0n) is 12.5. The summed E-state index contributed by atoms with van der Waals surface area (Å²) in [5.74, 6) is 0. The molecular formula is C14H21N3O4S. The highest BCUT2D eigenvalue weighted by atomic mass is 32.2. The van der Waals surface area contributed by atoms with Crippen LogP contribution in [0.25, 0.3) is 0 Å². The van der Waals surface area contributed by atoms with Gasteiger partial charge in [0.1, 0.15) is 0 Å². The molecule has 2 rings (SSSR count). The third-order valence-corrected chi connectivity index (χ3v) is 4.40. The number of amides is 2. The van der Waals surface area contributed by atoms with Crippen molar-refractivity contribution < 1.29 is 17.9 Å². The minimum absolute atomic E-state index is 0.0604. The average molecular weight is 327 g/mol. The molecule has 7 nitrogen and oxygen atoms in total. The van der Waals surface area contributed by atoms with Crippen molar-refractivity contribution in [2.24, 2.45) is 5.14 Å². The summed E-state index contributed by atoms with van der Waals surface area (Å²) in [4.78, 5) is 13.8. The van der Waals surface area contributed by atoms with Crippen LogP contribution >= 0.6 is 0 Å². The van der Waals surface area contributed by atoms with Gasteiger partial charge in [-0.05, 0) is 31.0 Å². The van der Waals surface area contributed by atoms with E-state index in [1.54, 1.807) is 17.0 Å². The van der Waals surface area contributed by atoms with Gasteiger partial charge in [-0.3, -0.25) is 0 Å². The number of hydrogen-bond acceptors (Lipinski definition) is 4. The second-order valence-electron chi connectivity index (χ2n) is 5.30. The number of primary sulfonamides is 1. The van der Waals surface area contributed by atoms with Gasteiger partial charge in [0.2, 0.25) is 10.0 Å². The van der Waals surface area contributed by atoms with Gasteiger partial charge < -0.3 is 15.0 Å². The van der Waals surface area contributed by atoms with Crippen LogP contribution < -0.4 is 10.5 Å². The van der Waals surface area contributed by atoms with E-state index in [-0.39, 0.29) is 17.0 Å². The summed E-state index contributed by atoms with van der Waals surface area (Å²) in [5.41, 5.74) is 0.933. The molecule has 1 unspecified atom stereocenters. The summed E-state index contributed by atoms with van der Waals surface area (Å²) in [6.07, 6.45) is 0.682. The number of hydrogen-bond donors (Lipinski definition) is 2. The number of rotatable bonds is 4. The van der Waals surface area contributed by atoms with Gasteiger partial charge in [-0.15, -0.1) is 0 Å². The van der Waals surface area contributed by atoms with Crippen molar-refractivity contribution >= 4 is 16.1 Å². The normalized spacial score (nSPS) is 19.0. The standard InChI is InChI=1S/C14H21N3O4S/c1-11-10-17(8-9-21-11)14(18)16-7-6-12-2-4-13(5-3-12)22(15,19)20/h2-5,11H,6-10H2,1H3,(H,16,18)(H2,15,19,20). The first kappa shape index (κ1) is 16.7. The Labute approximate surface area is 130 Å². The molecule has 1 fully saturated rings. The number of benzene rings is 1. The Hall–Kier alpha value is -1.64. The smallest absolute Gasteiger partial charge is 0.317 e. The van der Waals surface area contributed by atoms with Crippen molar-refractivity contribution in [3.63, 3.8) is 0 Å². The Bertz CT molecular complexity index is 615. The third kappa shape index (κ3) is 4.69. The Balaban J connectivity index is 1.80. The Kier molecular flexibility index (Phi) is 5.38. The van der Waals surface area contributed by atoms with Gasteiger partial charge in [0.05, 0.1) is 17.6 Å². The number of nitrogens with zero attached hydrogens (tertiary/aromatic N) is 1. The fraction of sp³-hybridized carbons (Fsp3) is 0.500. The monoisotopic (exact) mass is 327 g/mol. The van der Waals surface area contributed by atoms with Crippen molar-refractivity contribution in [1.29, 1.82) is 0 Å². The van der Waals surface area contributed by atoms with Gasteiger partial charge in [0.25, 0.3) is 0 Å². The highest BCUT2D eigenvalue weighted by Crippen LogP contribution is 2.09. The number of sulfonamides is 1. The van der Waals surface area contributed by atoms with Crippen molar-refractivity contribution in [2.75, 3.05) is 26.2 Å². The number of morpholine rings is 1. The van der Waals surface area contributed by atoms with Crippen LogP contribution in [-0.4, -0.2) is 51.7 Å². The molecule has 1 aliphatic heterocycles. The molecule has 0 spiro atoms. The molecule has 0 aliphatic carbocycles. The molecule has 1 aromatic rings. The number of carbonyl (C=O) groups is 1. The largest absolute Gasteiger partial charge is 0.375 e. The van der Waals surface area contributed by atoms with E-state index in [0.717, 1.165) is 5.56 Å². The van der Waals surface area contributed by atoms with E-state index in [1.807, 2.05) is 6.92 Å². The van der Waals surface area contributed by atoms with Gasteiger partial charge in [-0.1, -0.05) is 12.1 Å². The Morgan fingerprint density at radius 1 is 1.41 bits per heavy atom. The fourth-order valence-corrected chi connectivity index (χ4v) is 2.79. The van der Waals surface area contributed by atoms with E-state index >= 15 is 0 Å². The lowest BCUT2D eigenvalue weighted by Gasteiger charge is -2.31. The van der Waals surface area contributed by atoms with Crippen molar-refractivity contribution in [3.8, 4) is 0 Å². The minimum Gasteiger partial charge on any atom is -0.375 e. The van der Waals surface area contributed by atoms with Gasteiger partial charge in [-0.25, -0.2) is 18.4 Å². The lowest BCUT2D eigenvalue weighted by atomic mass is 10.1. The zero-order chi connectivity index (χ0) is 16.2. The predicted octanol–water partition coefficient (Wildman–Crippen LogP) is 0.307. The average Bonchev–Trinajstić information content (AvgIpc) is 2.47. The Morgan fingerprint density at radius 2 is 2.09 bits per heavy atom. The van der Waals surface area contributed by atoms with Gasteiger partial charge in [0, 0.05) is 19.6 Å². The number of ether oxygens (including phenoxy) is 1. The highest BCUT2D eigenvalue weighted by molar-refractivity contribution is 7.89. The first-order valence-corrected chi connectivity index (χ1v) is 8.67. The van der Waals surface area contributed by atoms with E-state index < -0.39 is 10.0 Å². The van der Waals surface area contributed by atoms with Crippen LogP contribution in [0.15, 0.2) is 29.2 Å². The number of carbonyl (C=O) groups excluding carboxylic acids is 1. The summed E-state index contributed by atoms with van der Waals surface area (Å²) in [7, 11) is -3.66. The van der Waals surface area contributed by atoms with Crippen LogP contribution in [0.4, 0.5) is 4.79 Å². The summed E-state index contributed by atoms with van der Waals surface area (Å²) in [6, 6.07) is 6.23. The molecule has 1 saturated heterocycles. The molecule has 8 heteroatoms. The number of urea groups is 1. The van der Waals surface area contributed by atoms with E-state index in [0.29, 0.717) is 32.7 Å². The molecule has 2 amide bonds. The van der Waals surface area contributed by atoms with Crippen LogP contribution in [0.2, 0.25) is 0 Å². The van der Waals surface area contributed by atoms with E-state index in [4.69, 9.17) is 9.88 Å². The van der Waals surface area contributed by atoms with E-state index in [9.17, 15) is 13.2 Å². The lowest BCUT2D eigenvalue weighted by molar-refractivity contribution is -0.00342. The zero-order valence-corrected chi connectivity index (χ0v) is 13.3. The summed E-state index contributed by atoms with van der Waals surface area (Å²) in [6.45, 7) is 4.17. The topological polar surface area (TPSA) is 102 Å². The van der Waals surface area contributed by atoms with Crippen molar-refractivity contribution in [2.45, 2.75) is 24.3 Å². The lowest BCUT2D eigenvalue weighted by Crippen LogP contribution is -2.49. The second kappa shape index (κ2) is 7.08. The quantitative estimate of drug-likeness (QED) is 0.830.